The number of aryl methyl sites for hydroxylation is 2. The number of imidazole rings is 1. The number of pyridine rings is 1. The van der Waals surface area contributed by atoms with E-state index in [-0.39, 0.29) is 0 Å². The number of rotatable bonds is 4. The predicted molar refractivity (Wildman–Crippen MR) is 95.5 cm³/mol. The zero-order valence-electron chi connectivity index (χ0n) is 14.9. The van der Waals surface area contributed by atoms with Gasteiger partial charge in [-0.25, -0.2) is 4.98 Å². The molecular formula is C20H28N4. The van der Waals surface area contributed by atoms with Crippen LogP contribution in [-0.4, -0.2) is 32.5 Å². The van der Waals surface area contributed by atoms with Gasteiger partial charge < -0.3 is 4.57 Å². The lowest BCUT2D eigenvalue weighted by atomic mass is 9.72. The first-order chi connectivity index (χ1) is 11.7. The summed E-state index contributed by atoms with van der Waals surface area (Å²) in [5.74, 6) is 2.52. The number of nitrogens with zero attached hydrogens (tertiary/aromatic N) is 4. The Kier molecular flexibility index (Phi) is 4.40. The van der Waals surface area contributed by atoms with E-state index in [0.717, 1.165) is 30.7 Å². The lowest BCUT2D eigenvalue weighted by Gasteiger charge is -2.33. The van der Waals surface area contributed by atoms with Gasteiger partial charge in [0.05, 0.1) is 12.0 Å². The summed E-state index contributed by atoms with van der Waals surface area (Å²) in [4.78, 5) is 11.6. The Bertz CT molecular complexity index is 675. The summed E-state index contributed by atoms with van der Waals surface area (Å²) in [7, 11) is 2.09. The molecule has 0 bridgehead atoms. The van der Waals surface area contributed by atoms with E-state index in [1.165, 1.54) is 49.3 Å². The van der Waals surface area contributed by atoms with E-state index in [1.54, 1.807) is 0 Å². The summed E-state index contributed by atoms with van der Waals surface area (Å²) >= 11 is 0. The highest BCUT2D eigenvalue weighted by Gasteiger charge is 2.40. The minimum Gasteiger partial charge on any atom is -0.337 e. The van der Waals surface area contributed by atoms with Gasteiger partial charge in [0.1, 0.15) is 0 Å². The molecule has 0 aromatic carbocycles. The van der Waals surface area contributed by atoms with E-state index < -0.39 is 0 Å². The van der Waals surface area contributed by atoms with Crippen molar-refractivity contribution in [1.29, 1.82) is 0 Å². The van der Waals surface area contributed by atoms with E-state index >= 15 is 0 Å². The Morgan fingerprint density at radius 2 is 2.08 bits per heavy atom. The normalized spacial score (nSPS) is 27.3. The minimum absolute atomic E-state index is 0.801. The van der Waals surface area contributed by atoms with E-state index in [0.29, 0.717) is 0 Å². The summed E-state index contributed by atoms with van der Waals surface area (Å²) in [6.45, 7) is 5.65. The number of hydrogen-bond acceptors (Lipinski definition) is 3. The molecule has 0 unspecified atom stereocenters. The molecule has 4 nitrogen and oxygen atoms in total. The smallest absolute Gasteiger partial charge is 0.0945 e. The van der Waals surface area contributed by atoms with Crippen molar-refractivity contribution >= 4 is 0 Å². The van der Waals surface area contributed by atoms with Gasteiger partial charge in [0, 0.05) is 44.8 Å². The lowest BCUT2D eigenvalue weighted by Crippen LogP contribution is -2.29. The fourth-order valence-corrected chi connectivity index (χ4v) is 4.72. The SMILES string of the molecule is Cc1ccc(C[C@H]2CCC[C@@H]3CN(Cc4cncn4C)C[C@H]23)nc1. The lowest BCUT2D eigenvalue weighted by molar-refractivity contribution is 0.195. The Labute approximate surface area is 144 Å². The van der Waals surface area contributed by atoms with Crippen LogP contribution in [0.1, 0.15) is 36.2 Å². The molecule has 3 atom stereocenters. The molecular weight excluding hydrogens is 296 g/mol. The third kappa shape index (κ3) is 3.25. The molecule has 2 aromatic rings. The highest BCUT2D eigenvalue weighted by molar-refractivity contribution is 5.13. The van der Waals surface area contributed by atoms with Gasteiger partial charge in [-0.1, -0.05) is 12.5 Å². The van der Waals surface area contributed by atoms with Crippen LogP contribution in [0.4, 0.5) is 0 Å². The van der Waals surface area contributed by atoms with Gasteiger partial charge in [0.2, 0.25) is 0 Å². The molecule has 0 N–H and O–H groups in total. The first kappa shape index (κ1) is 15.8. The zero-order valence-corrected chi connectivity index (χ0v) is 14.9. The third-order valence-electron chi connectivity index (χ3n) is 6.07. The van der Waals surface area contributed by atoms with Gasteiger partial charge in [-0.05, 0) is 55.6 Å². The second-order valence-corrected chi connectivity index (χ2v) is 7.84. The molecule has 1 saturated carbocycles. The Hall–Kier alpha value is -1.68. The summed E-state index contributed by atoms with van der Waals surface area (Å²) in [6.07, 6.45) is 11.2. The summed E-state index contributed by atoms with van der Waals surface area (Å²) in [5, 5.41) is 0. The van der Waals surface area contributed by atoms with Gasteiger partial charge in [-0.2, -0.15) is 0 Å². The van der Waals surface area contributed by atoms with Gasteiger partial charge in [0.15, 0.2) is 0 Å². The fourth-order valence-electron chi connectivity index (χ4n) is 4.72. The molecule has 2 aliphatic rings. The molecule has 128 valence electrons. The maximum atomic E-state index is 4.65. The standard InChI is InChI=1S/C20H28N4/c1-15-6-7-18(22-9-15)8-16-4-3-5-17-11-24(13-20(16)17)12-19-10-21-14-23(19)2/h6-7,9-10,14,16-17,20H,3-5,8,11-13H2,1-2H3/t16-,17-,20-/m1/s1. The zero-order chi connectivity index (χ0) is 16.5. The Morgan fingerprint density at radius 3 is 2.83 bits per heavy atom. The first-order valence-corrected chi connectivity index (χ1v) is 9.28. The van der Waals surface area contributed by atoms with E-state index in [1.807, 2.05) is 18.7 Å². The van der Waals surface area contributed by atoms with Crippen LogP contribution in [0.25, 0.3) is 0 Å². The highest BCUT2D eigenvalue weighted by atomic mass is 15.2. The van der Waals surface area contributed by atoms with E-state index in [2.05, 4.69) is 45.5 Å². The van der Waals surface area contributed by atoms with Crippen LogP contribution in [0.15, 0.2) is 30.9 Å². The van der Waals surface area contributed by atoms with Crippen LogP contribution in [0.3, 0.4) is 0 Å². The third-order valence-corrected chi connectivity index (χ3v) is 6.07. The number of likely N-dealkylation sites (tertiary alicyclic amines) is 1. The van der Waals surface area contributed by atoms with Crippen LogP contribution >= 0.6 is 0 Å². The van der Waals surface area contributed by atoms with Crippen molar-refractivity contribution in [3.63, 3.8) is 0 Å². The minimum atomic E-state index is 0.801. The van der Waals surface area contributed by atoms with Crippen LogP contribution in [0.2, 0.25) is 0 Å². The van der Waals surface area contributed by atoms with Crippen molar-refractivity contribution in [3.8, 4) is 0 Å². The van der Waals surface area contributed by atoms with Crippen LogP contribution in [-0.2, 0) is 20.0 Å². The second kappa shape index (κ2) is 6.67. The van der Waals surface area contributed by atoms with Crippen LogP contribution in [0.5, 0.6) is 0 Å². The topological polar surface area (TPSA) is 34.0 Å². The van der Waals surface area contributed by atoms with Crippen LogP contribution in [0, 0.1) is 24.7 Å². The molecule has 4 heteroatoms. The number of hydrogen-bond donors (Lipinski definition) is 0. The maximum absolute atomic E-state index is 4.65. The molecule has 0 spiro atoms. The molecule has 3 heterocycles. The molecule has 0 amide bonds. The average Bonchev–Trinajstić information content (AvgIpc) is 3.17. The van der Waals surface area contributed by atoms with E-state index in [9.17, 15) is 0 Å². The molecule has 1 aliphatic heterocycles. The van der Waals surface area contributed by atoms with Gasteiger partial charge >= 0.3 is 0 Å². The average molecular weight is 324 g/mol. The van der Waals surface area contributed by atoms with Gasteiger partial charge in [-0.15, -0.1) is 0 Å². The molecule has 4 rings (SSSR count). The van der Waals surface area contributed by atoms with Crippen molar-refractivity contribution in [2.45, 2.75) is 39.2 Å². The summed E-state index contributed by atoms with van der Waals surface area (Å²) in [6, 6.07) is 4.42. The van der Waals surface area contributed by atoms with Gasteiger partial charge in [-0.3, -0.25) is 9.88 Å². The number of aromatic nitrogens is 3. The highest BCUT2D eigenvalue weighted by Crippen LogP contribution is 2.41. The van der Waals surface area contributed by atoms with Crippen molar-refractivity contribution in [3.05, 3.63) is 47.8 Å². The first-order valence-electron chi connectivity index (χ1n) is 9.28. The molecule has 2 fully saturated rings. The second-order valence-electron chi connectivity index (χ2n) is 7.84. The molecule has 0 radical (unpaired) electrons. The molecule has 1 aliphatic carbocycles. The predicted octanol–water partition coefficient (Wildman–Crippen LogP) is 3.21. The Balaban J connectivity index is 1.42. The van der Waals surface area contributed by atoms with E-state index in [4.69, 9.17) is 0 Å². The van der Waals surface area contributed by atoms with Crippen LogP contribution < -0.4 is 0 Å². The van der Waals surface area contributed by atoms with Crippen molar-refractivity contribution in [1.82, 2.24) is 19.4 Å². The monoisotopic (exact) mass is 324 g/mol. The quantitative estimate of drug-likeness (QED) is 0.866. The fraction of sp³-hybridized carbons (Fsp3) is 0.600. The molecule has 2 aromatic heterocycles. The largest absolute Gasteiger partial charge is 0.337 e. The maximum Gasteiger partial charge on any atom is 0.0945 e. The summed E-state index contributed by atoms with van der Waals surface area (Å²) < 4.78 is 2.15. The van der Waals surface area contributed by atoms with Gasteiger partial charge in [0.25, 0.3) is 0 Å². The van der Waals surface area contributed by atoms with Crippen molar-refractivity contribution in [2.24, 2.45) is 24.8 Å². The summed E-state index contributed by atoms with van der Waals surface area (Å²) in [5.41, 5.74) is 3.85. The van der Waals surface area contributed by atoms with Crippen molar-refractivity contribution < 1.29 is 0 Å². The molecule has 1 saturated heterocycles. The number of fused-ring (bicyclic) bond motifs is 1. The molecule has 24 heavy (non-hydrogen) atoms. The Morgan fingerprint density at radius 1 is 1.17 bits per heavy atom. The van der Waals surface area contributed by atoms with Crippen molar-refractivity contribution in [2.75, 3.05) is 13.1 Å².